The first-order valence-electron chi connectivity index (χ1n) is 8.87. The molecule has 2 nitrogen and oxygen atoms in total. The highest BCUT2D eigenvalue weighted by Gasteiger charge is 2.35. The normalized spacial score (nSPS) is 11.6. The Hall–Kier alpha value is -2.69. The standard InChI is InChI=1S/C22H22F3NO/c1-4-17-8-10-18(11-9-17)26-13-12-19(22(23,24)25)20(26)14-27-21-7-5-6-15(2)16(21)3/h5-13H,4,14H2,1-3H3. The quantitative estimate of drug-likeness (QED) is 0.515. The van der Waals surface area contributed by atoms with Crippen molar-refractivity contribution in [3.05, 3.63) is 82.7 Å². The molecule has 0 unspecified atom stereocenters. The summed E-state index contributed by atoms with van der Waals surface area (Å²) in [5.41, 5.74) is 3.20. The van der Waals surface area contributed by atoms with E-state index in [9.17, 15) is 13.2 Å². The van der Waals surface area contributed by atoms with Crippen molar-refractivity contribution in [1.82, 2.24) is 4.57 Å². The lowest BCUT2D eigenvalue weighted by Crippen LogP contribution is -2.13. The van der Waals surface area contributed by atoms with Gasteiger partial charge in [0, 0.05) is 11.9 Å². The number of nitrogens with zero attached hydrogens (tertiary/aromatic N) is 1. The van der Waals surface area contributed by atoms with Crippen LogP contribution >= 0.6 is 0 Å². The second-order valence-corrected chi connectivity index (χ2v) is 6.55. The first kappa shape index (κ1) is 19.1. The molecule has 1 aromatic heterocycles. The predicted octanol–water partition coefficient (Wildman–Crippen LogP) is 6.25. The van der Waals surface area contributed by atoms with Crippen molar-refractivity contribution < 1.29 is 17.9 Å². The lowest BCUT2D eigenvalue weighted by atomic mass is 10.1. The lowest BCUT2D eigenvalue weighted by Gasteiger charge is -2.16. The Bertz CT molecular complexity index is 924. The summed E-state index contributed by atoms with van der Waals surface area (Å²) >= 11 is 0. The van der Waals surface area contributed by atoms with Crippen LogP contribution in [0.5, 0.6) is 5.75 Å². The predicted molar refractivity (Wildman–Crippen MR) is 100 cm³/mol. The molecule has 0 atom stereocenters. The number of hydrogen-bond acceptors (Lipinski definition) is 1. The van der Waals surface area contributed by atoms with Crippen molar-refractivity contribution in [2.75, 3.05) is 0 Å². The van der Waals surface area contributed by atoms with Gasteiger partial charge in [-0.15, -0.1) is 0 Å². The summed E-state index contributed by atoms with van der Waals surface area (Å²) in [6, 6.07) is 14.2. The van der Waals surface area contributed by atoms with Gasteiger partial charge in [0.25, 0.3) is 0 Å². The second kappa shape index (κ2) is 7.51. The highest BCUT2D eigenvalue weighted by molar-refractivity contribution is 5.42. The minimum absolute atomic E-state index is 0.0904. The van der Waals surface area contributed by atoms with Gasteiger partial charge in [-0.1, -0.05) is 31.2 Å². The Morgan fingerprint density at radius 1 is 0.963 bits per heavy atom. The zero-order valence-electron chi connectivity index (χ0n) is 15.6. The number of halogens is 3. The third-order valence-electron chi connectivity index (χ3n) is 4.84. The molecule has 0 bridgehead atoms. The van der Waals surface area contributed by atoms with E-state index in [-0.39, 0.29) is 12.3 Å². The van der Waals surface area contributed by atoms with E-state index in [4.69, 9.17) is 4.74 Å². The summed E-state index contributed by atoms with van der Waals surface area (Å²) in [6.45, 7) is 5.72. The smallest absolute Gasteiger partial charge is 0.418 e. The van der Waals surface area contributed by atoms with Gasteiger partial charge in [0.2, 0.25) is 0 Å². The number of aryl methyl sites for hydroxylation is 2. The third-order valence-corrected chi connectivity index (χ3v) is 4.84. The van der Waals surface area contributed by atoms with Gasteiger partial charge in [-0.2, -0.15) is 13.2 Å². The molecule has 0 saturated carbocycles. The number of benzene rings is 2. The molecule has 1 heterocycles. The molecule has 0 saturated heterocycles. The number of ether oxygens (including phenoxy) is 1. The molecule has 0 aliphatic rings. The Morgan fingerprint density at radius 3 is 2.30 bits per heavy atom. The summed E-state index contributed by atoms with van der Waals surface area (Å²) in [5, 5.41) is 0. The Balaban J connectivity index is 1.98. The van der Waals surface area contributed by atoms with Gasteiger partial charge in [0.15, 0.2) is 0 Å². The second-order valence-electron chi connectivity index (χ2n) is 6.55. The van der Waals surface area contributed by atoms with Crippen LogP contribution in [-0.4, -0.2) is 4.57 Å². The largest absolute Gasteiger partial charge is 0.487 e. The molecule has 0 fully saturated rings. The van der Waals surface area contributed by atoms with Crippen LogP contribution < -0.4 is 4.74 Å². The van der Waals surface area contributed by atoms with Crippen molar-refractivity contribution in [3.8, 4) is 11.4 Å². The fraction of sp³-hybridized carbons (Fsp3) is 0.273. The van der Waals surface area contributed by atoms with Gasteiger partial charge in [-0.05, 0) is 61.2 Å². The summed E-state index contributed by atoms with van der Waals surface area (Å²) < 4.78 is 47.8. The summed E-state index contributed by atoms with van der Waals surface area (Å²) in [5.74, 6) is 0.595. The van der Waals surface area contributed by atoms with Crippen LogP contribution in [0.4, 0.5) is 13.2 Å². The van der Waals surface area contributed by atoms with E-state index in [0.29, 0.717) is 11.4 Å². The van der Waals surface area contributed by atoms with E-state index in [1.807, 2.05) is 57.2 Å². The molecule has 27 heavy (non-hydrogen) atoms. The van der Waals surface area contributed by atoms with E-state index >= 15 is 0 Å². The zero-order valence-corrected chi connectivity index (χ0v) is 15.6. The molecule has 5 heteroatoms. The van der Waals surface area contributed by atoms with Gasteiger partial charge in [-0.25, -0.2) is 0 Å². The topological polar surface area (TPSA) is 14.2 Å². The first-order valence-corrected chi connectivity index (χ1v) is 8.87. The fourth-order valence-corrected chi connectivity index (χ4v) is 3.03. The zero-order chi connectivity index (χ0) is 19.6. The molecule has 0 radical (unpaired) electrons. The lowest BCUT2D eigenvalue weighted by molar-refractivity contribution is -0.138. The van der Waals surface area contributed by atoms with E-state index in [1.54, 1.807) is 10.6 Å². The van der Waals surface area contributed by atoms with Crippen LogP contribution in [0.1, 0.15) is 34.9 Å². The van der Waals surface area contributed by atoms with Crippen molar-refractivity contribution in [2.24, 2.45) is 0 Å². The minimum atomic E-state index is -4.44. The monoisotopic (exact) mass is 373 g/mol. The maximum absolute atomic E-state index is 13.5. The minimum Gasteiger partial charge on any atom is -0.487 e. The molecule has 0 aliphatic heterocycles. The van der Waals surface area contributed by atoms with Crippen LogP contribution in [0.15, 0.2) is 54.7 Å². The van der Waals surface area contributed by atoms with Crippen LogP contribution in [0.2, 0.25) is 0 Å². The number of aromatic nitrogens is 1. The number of hydrogen-bond donors (Lipinski definition) is 0. The van der Waals surface area contributed by atoms with Crippen molar-refractivity contribution in [3.63, 3.8) is 0 Å². The molecule has 0 spiro atoms. The average molecular weight is 373 g/mol. The van der Waals surface area contributed by atoms with Crippen LogP contribution in [0.25, 0.3) is 5.69 Å². The molecule has 3 aromatic rings. The molecule has 3 rings (SSSR count). The summed E-state index contributed by atoms with van der Waals surface area (Å²) in [7, 11) is 0. The fourth-order valence-electron chi connectivity index (χ4n) is 3.03. The van der Waals surface area contributed by atoms with Crippen LogP contribution in [0, 0.1) is 13.8 Å². The van der Waals surface area contributed by atoms with E-state index < -0.39 is 11.7 Å². The molecular weight excluding hydrogens is 351 g/mol. The van der Waals surface area contributed by atoms with Gasteiger partial charge >= 0.3 is 6.18 Å². The Labute approximate surface area is 157 Å². The molecule has 142 valence electrons. The molecule has 0 amide bonds. The van der Waals surface area contributed by atoms with Crippen LogP contribution in [0.3, 0.4) is 0 Å². The summed E-state index contributed by atoms with van der Waals surface area (Å²) in [6.07, 6.45) is -2.11. The highest BCUT2D eigenvalue weighted by atomic mass is 19.4. The van der Waals surface area contributed by atoms with E-state index in [0.717, 1.165) is 29.2 Å². The van der Waals surface area contributed by atoms with Gasteiger partial charge in [0.05, 0.1) is 11.3 Å². The maximum atomic E-state index is 13.5. The maximum Gasteiger partial charge on any atom is 0.418 e. The SMILES string of the molecule is CCc1ccc(-n2ccc(C(F)(F)F)c2COc2cccc(C)c2C)cc1. The van der Waals surface area contributed by atoms with E-state index in [1.165, 1.54) is 6.20 Å². The first-order chi connectivity index (χ1) is 12.8. The van der Waals surface area contributed by atoms with Gasteiger partial charge < -0.3 is 9.30 Å². The average Bonchev–Trinajstić information content (AvgIpc) is 3.07. The number of rotatable bonds is 5. The molecule has 2 aromatic carbocycles. The van der Waals surface area contributed by atoms with Gasteiger partial charge in [-0.3, -0.25) is 0 Å². The van der Waals surface area contributed by atoms with Crippen molar-refractivity contribution in [2.45, 2.75) is 40.0 Å². The number of alkyl halides is 3. The summed E-state index contributed by atoms with van der Waals surface area (Å²) in [4.78, 5) is 0. The highest BCUT2D eigenvalue weighted by Crippen LogP contribution is 2.35. The van der Waals surface area contributed by atoms with Gasteiger partial charge in [0.1, 0.15) is 12.4 Å². The molecular formula is C22H22F3NO. The molecule has 0 aliphatic carbocycles. The Kier molecular flexibility index (Phi) is 5.31. The third kappa shape index (κ3) is 4.02. The van der Waals surface area contributed by atoms with Crippen LogP contribution in [-0.2, 0) is 19.2 Å². The van der Waals surface area contributed by atoms with Crippen molar-refractivity contribution >= 4 is 0 Å². The van der Waals surface area contributed by atoms with Crippen molar-refractivity contribution in [1.29, 1.82) is 0 Å². The Morgan fingerprint density at radius 2 is 1.67 bits per heavy atom. The van der Waals surface area contributed by atoms with E-state index in [2.05, 4.69) is 0 Å². The molecule has 0 N–H and O–H groups in total.